The van der Waals surface area contributed by atoms with Crippen molar-refractivity contribution in [1.82, 2.24) is 19.8 Å². The minimum atomic E-state index is 0.0353. The van der Waals surface area contributed by atoms with Crippen LogP contribution in [0.1, 0.15) is 94.9 Å². The van der Waals surface area contributed by atoms with Crippen molar-refractivity contribution in [2.45, 2.75) is 115 Å². The maximum absolute atomic E-state index is 14.1. The molecular weight excluding hydrogens is 532 g/mol. The van der Waals surface area contributed by atoms with Gasteiger partial charge < -0.3 is 14.8 Å². The fourth-order valence-electron chi connectivity index (χ4n) is 6.80. The predicted octanol–water partition coefficient (Wildman–Crippen LogP) is 7.26. The second-order valence-electron chi connectivity index (χ2n) is 12.0. The number of aromatic nitrogens is 2. The quantitative estimate of drug-likeness (QED) is 0.231. The first-order chi connectivity index (χ1) is 20.1. The monoisotopic (exact) mass is 576 g/mol. The number of nitrogens with one attached hydrogen (secondary N) is 1. The number of benzene rings is 2. The van der Waals surface area contributed by atoms with E-state index >= 15 is 0 Å². The van der Waals surface area contributed by atoms with E-state index in [2.05, 4.69) is 26.9 Å². The summed E-state index contributed by atoms with van der Waals surface area (Å²) in [5.74, 6) is 1.31. The van der Waals surface area contributed by atoms with E-state index in [0.29, 0.717) is 36.6 Å². The maximum atomic E-state index is 14.1. The third-order valence-corrected chi connectivity index (χ3v) is 9.18. The van der Waals surface area contributed by atoms with Crippen LogP contribution in [0, 0.1) is 0 Å². The zero-order valence-electron chi connectivity index (χ0n) is 24.3. The summed E-state index contributed by atoms with van der Waals surface area (Å²) in [5, 5.41) is 3.71. The van der Waals surface area contributed by atoms with Gasteiger partial charge in [0, 0.05) is 30.1 Å². The van der Waals surface area contributed by atoms with Crippen LogP contribution < -0.4 is 5.32 Å². The first-order valence-electron chi connectivity index (χ1n) is 15.8. The highest BCUT2D eigenvalue weighted by atomic mass is 35.5. The number of unbranched alkanes of at least 4 members (excludes halogenated alkanes) is 2. The van der Waals surface area contributed by atoms with Crippen molar-refractivity contribution >= 4 is 34.4 Å². The zero-order chi connectivity index (χ0) is 28.4. The molecule has 2 aliphatic rings. The summed E-state index contributed by atoms with van der Waals surface area (Å²) < 4.78 is 2.18. The molecule has 2 fully saturated rings. The van der Waals surface area contributed by atoms with Crippen molar-refractivity contribution in [1.29, 1.82) is 0 Å². The molecular formula is C34H45ClN4O2. The van der Waals surface area contributed by atoms with Gasteiger partial charge in [-0.25, -0.2) is 4.98 Å². The molecule has 2 aliphatic carbocycles. The molecule has 6 nitrogen and oxygen atoms in total. The highest BCUT2D eigenvalue weighted by Crippen LogP contribution is 2.31. The number of rotatable bonds is 12. The fourth-order valence-corrected chi connectivity index (χ4v) is 6.92. The highest BCUT2D eigenvalue weighted by molar-refractivity contribution is 6.30. The lowest BCUT2D eigenvalue weighted by molar-refractivity contribution is -0.138. The molecule has 1 heterocycles. The first kappa shape index (κ1) is 29.6. The van der Waals surface area contributed by atoms with Gasteiger partial charge in [-0.3, -0.25) is 9.59 Å². The van der Waals surface area contributed by atoms with Crippen LogP contribution in [0.4, 0.5) is 0 Å². The molecule has 0 aliphatic heterocycles. The summed E-state index contributed by atoms with van der Waals surface area (Å²) in [5.41, 5.74) is 2.98. The topological polar surface area (TPSA) is 67.2 Å². The molecule has 0 radical (unpaired) electrons. The van der Waals surface area contributed by atoms with Crippen LogP contribution in [0.5, 0.6) is 0 Å². The number of nitrogens with zero attached hydrogens (tertiary/aromatic N) is 3. The summed E-state index contributed by atoms with van der Waals surface area (Å²) in [6, 6.07) is 16.4. The van der Waals surface area contributed by atoms with E-state index in [-0.39, 0.29) is 11.8 Å². The zero-order valence-corrected chi connectivity index (χ0v) is 25.1. The van der Waals surface area contributed by atoms with Crippen LogP contribution in [0.15, 0.2) is 48.5 Å². The summed E-state index contributed by atoms with van der Waals surface area (Å²) in [7, 11) is 0. The van der Waals surface area contributed by atoms with Crippen LogP contribution in [0.25, 0.3) is 11.0 Å². The Morgan fingerprint density at radius 1 is 0.854 bits per heavy atom. The molecule has 2 amide bonds. The number of hydrogen-bond acceptors (Lipinski definition) is 3. The second kappa shape index (κ2) is 14.9. The molecule has 2 aromatic carbocycles. The van der Waals surface area contributed by atoms with Crippen LogP contribution >= 0.6 is 11.6 Å². The lowest BCUT2D eigenvalue weighted by Crippen LogP contribution is -2.50. The number of amides is 2. The summed E-state index contributed by atoms with van der Waals surface area (Å²) >= 11 is 5.93. The van der Waals surface area contributed by atoms with Gasteiger partial charge in [0.1, 0.15) is 12.4 Å². The van der Waals surface area contributed by atoms with E-state index in [0.717, 1.165) is 73.8 Å². The first-order valence-corrected chi connectivity index (χ1v) is 16.2. The highest BCUT2D eigenvalue weighted by Gasteiger charge is 2.33. The molecule has 1 aromatic heterocycles. The number of carbonyl (C=O) groups excluding carboxylic acids is 2. The Labute approximate surface area is 249 Å². The van der Waals surface area contributed by atoms with E-state index in [1.807, 2.05) is 36.4 Å². The van der Waals surface area contributed by atoms with Crippen LogP contribution in [0.2, 0.25) is 5.02 Å². The Balaban J connectivity index is 1.17. The smallest absolute Gasteiger partial charge is 0.243 e. The SMILES string of the molecule is O=C(Cc1ccc(Cl)cc1)NCCCCCc1nc2ccccc2n1CC(=O)N(C1CCCCC1)C1CCCCC1. The molecule has 1 N–H and O–H groups in total. The van der Waals surface area contributed by atoms with Crippen molar-refractivity contribution in [2.24, 2.45) is 0 Å². The Bertz CT molecular complexity index is 1260. The van der Waals surface area contributed by atoms with Gasteiger partial charge in [0.25, 0.3) is 0 Å². The second-order valence-corrected chi connectivity index (χ2v) is 12.4. The standard InChI is InChI=1S/C34H45ClN4O2/c35-27-21-19-26(20-22-27)24-33(40)36-23-11-3-8-18-32-37-30-16-9-10-17-31(30)38(32)25-34(41)39(28-12-4-1-5-13-28)29-14-6-2-7-15-29/h9-10,16-17,19-22,28-29H,1-8,11-15,18,23-25H2,(H,36,40). The van der Waals surface area contributed by atoms with E-state index in [1.165, 1.54) is 38.5 Å². The average molecular weight is 577 g/mol. The number of para-hydroxylation sites is 2. The number of fused-ring (bicyclic) bond motifs is 1. The molecule has 5 rings (SSSR count). The van der Waals surface area contributed by atoms with Crippen LogP contribution in [-0.4, -0.2) is 44.9 Å². The van der Waals surface area contributed by atoms with Crippen molar-refractivity contribution in [3.8, 4) is 0 Å². The van der Waals surface area contributed by atoms with Crippen LogP contribution in [0.3, 0.4) is 0 Å². The third kappa shape index (κ3) is 8.12. The largest absolute Gasteiger partial charge is 0.356 e. The van der Waals surface area contributed by atoms with E-state index in [1.54, 1.807) is 0 Å². The lowest BCUT2D eigenvalue weighted by Gasteiger charge is -2.42. The molecule has 0 atom stereocenters. The lowest BCUT2D eigenvalue weighted by atomic mass is 9.88. The van der Waals surface area contributed by atoms with Gasteiger partial charge in [0.2, 0.25) is 11.8 Å². The molecule has 220 valence electrons. The Hall–Kier alpha value is -2.86. The number of halogens is 1. The Morgan fingerprint density at radius 2 is 1.51 bits per heavy atom. The molecule has 2 saturated carbocycles. The molecule has 0 bridgehead atoms. The summed E-state index contributed by atoms with van der Waals surface area (Å²) in [4.78, 5) is 33.6. The molecule has 0 saturated heterocycles. The van der Waals surface area contributed by atoms with Gasteiger partial charge in [-0.1, -0.05) is 80.8 Å². The van der Waals surface area contributed by atoms with E-state index in [4.69, 9.17) is 16.6 Å². The minimum absolute atomic E-state index is 0.0353. The molecule has 41 heavy (non-hydrogen) atoms. The average Bonchev–Trinajstić information content (AvgIpc) is 3.34. The molecule has 7 heteroatoms. The predicted molar refractivity (Wildman–Crippen MR) is 166 cm³/mol. The number of imidazole rings is 1. The van der Waals surface area contributed by atoms with Gasteiger partial charge >= 0.3 is 0 Å². The van der Waals surface area contributed by atoms with E-state index < -0.39 is 0 Å². The van der Waals surface area contributed by atoms with Gasteiger partial charge in [0.05, 0.1) is 17.5 Å². The van der Waals surface area contributed by atoms with Gasteiger partial charge in [-0.05, 0) is 68.4 Å². The molecule has 3 aromatic rings. The number of hydrogen-bond donors (Lipinski definition) is 1. The van der Waals surface area contributed by atoms with Crippen LogP contribution in [-0.2, 0) is 29.0 Å². The number of aryl methyl sites for hydroxylation is 1. The molecule has 0 spiro atoms. The van der Waals surface area contributed by atoms with E-state index in [9.17, 15) is 9.59 Å². The van der Waals surface area contributed by atoms with Crippen molar-refractivity contribution in [2.75, 3.05) is 6.54 Å². The number of carbonyl (C=O) groups is 2. The van der Waals surface area contributed by atoms with Gasteiger partial charge in [0.15, 0.2) is 0 Å². The summed E-state index contributed by atoms with van der Waals surface area (Å²) in [6.45, 7) is 1.04. The Morgan fingerprint density at radius 3 is 2.20 bits per heavy atom. The normalized spacial score (nSPS) is 16.6. The molecule has 0 unspecified atom stereocenters. The van der Waals surface area contributed by atoms with Crippen molar-refractivity contribution < 1.29 is 9.59 Å². The van der Waals surface area contributed by atoms with Gasteiger partial charge in [-0.15, -0.1) is 0 Å². The maximum Gasteiger partial charge on any atom is 0.243 e. The van der Waals surface area contributed by atoms with Crippen molar-refractivity contribution in [3.05, 3.63) is 64.9 Å². The summed E-state index contributed by atoms with van der Waals surface area (Å²) in [6.07, 6.45) is 16.2. The van der Waals surface area contributed by atoms with Gasteiger partial charge in [-0.2, -0.15) is 0 Å². The minimum Gasteiger partial charge on any atom is -0.356 e. The fraction of sp³-hybridized carbons (Fsp3) is 0.559. The Kier molecular flexibility index (Phi) is 10.7. The third-order valence-electron chi connectivity index (χ3n) is 8.93. The van der Waals surface area contributed by atoms with Crippen molar-refractivity contribution in [3.63, 3.8) is 0 Å².